The predicted octanol–water partition coefficient (Wildman–Crippen LogP) is 3.28. The highest BCUT2D eigenvalue weighted by atomic mass is 15.1. The van der Waals surface area contributed by atoms with Gasteiger partial charge in [-0.25, -0.2) is 0 Å². The molecule has 0 aromatic rings. The number of hydrogen-bond donors (Lipinski definition) is 1. The van der Waals surface area contributed by atoms with Gasteiger partial charge in [0.25, 0.3) is 0 Å². The smallest absolute Gasteiger partial charge is 0.0166 e. The first-order valence-corrected chi connectivity index (χ1v) is 7.64. The maximum Gasteiger partial charge on any atom is 0.0166 e. The molecular formula is C15H32N2. The Bertz CT molecular complexity index is 174. The van der Waals surface area contributed by atoms with E-state index in [1.165, 1.54) is 58.0 Å². The predicted molar refractivity (Wildman–Crippen MR) is 76.4 cm³/mol. The molecule has 0 aliphatic heterocycles. The molecule has 0 aromatic carbocycles. The van der Waals surface area contributed by atoms with Crippen LogP contribution in [-0.4, -0.2) is 37.6 Å². The van der Waals surface area contributed by atoms with Gasteiger partial charge in [-0.3, -0.25) is 0 Å². The van der Waals surface area contributed by atoms with Gasteiger partial charge in [-0.05, 0) is 39.4 Å². The van der Waals surface area contributed by atoms with Crippen molar-refractivity contribution in [3.05, 3.63) is 0 Å². The van der Waals surface area contributed by atoms with E-state index in [1.54, 1.807) is 0 Å². The fourth-order valence-electron chi connectivity index (χ4n) is 2.85. The molecule has 1 rings (SSSR count). The molecule has 1 fully saturated rings. The van der Waals surface area contributed by atoms with Crippen LogP contribution in [0.15, 0.2) is 0 Å². The Kier molecular flexibility index (Phi) is 7.87. The summed E-state index contributed by atoms with van der Waals surface area (Å²) in [6.07, 6.45) is 10.2. The van der Waals surface area contributed by atoms with Crippen LogP contribution in [0.4, 0.5) is 0 Å². The third kappa shape index (κ3) is 7.05. The lowest BCUT2D eigenvalue weighted by Gasteiger charge is -2.22. The zero-order valence-corrected chi connectivity index (χ0v) is 12.2. The van der Waals surface area contributed by atoms with Crippen LogP contribution < -0.4 is 5.32 Å². The average molecular weight is 240 g/mol. The van der Waals surface area contributed by atoms with Crippen LogP contribution >= 0.6 is 0 Å². The summed E-state index contributed by atoms with van der Waals surface area (Å²) in [6, 6.07) is 0.630. The van der Waals surface area contributed by atoms with E-state index >= 15 is 0 Å². The number of nitrogens with zero attached hydrogens (tertiary/aromatic N) is 1. The number of likely N-dealkylation sites (N-methyl/N-ethyl adjacent to an activating group) is 1. The lowest BCUT2D eigenvalue weighted by molar-refractivity contribution is 0.303. The van der Waals surface area contributed by atoms with Crippen LogP contribution in [0.25, 0.3) is 0 Å². The molecule has 102 valence electrons. The molecule has 0 aromatic heterocycles. The lowest BCUT2D eigenvalue weighted by atomic mass is 9.96. The molecule has 1 unspecified atom stereocenters. The molecule has 1 atom stereocenters. The van der Waals surface area contributed by atoms with Gasteiger partial charge in [0.05, 0.1) is 0 Å². The average Bonchev–Trinajstić information content (AvgIpc) is 2.57. The Hall–Kier alpha value is -0.0800. The third-order valence-electron chi connectivity index (χ3n) is 4.15. The molecular weight excluding hydrogens is 208 g/mol. The van der Waals surface area contributed by atoms with Crippen molar-refractivity contribution >= 4 is 0 Å². The zero-order valence-electron chi connectivity index (χ0n) is 12.2. The van der Waals surface area contributed by atoms with Crippen LogP contribution in [0.1, 0.15) is 58.8 Å². The molecule has 0 heterocycles. The van der Waals surface area contributed by atoms with Crippen molar-refractivity contribution in [2.24, 2.45) is 5.92 Å². The minimum absolute atomic E-state index is 0.630. The van der Waals surface area contributed by atoms with Gasteiger partial charge in [-0.2, -0.15) is 0 Å². The van der Waals surface area contributed by atoms with Gasteiger partial charge in [0.1, 0.15) is 0 Å². The summed E-state index contributed by atoms with van der Waals surface area (Å²) < 4.78 is 0. The molecule has 1 aliphatic carbocycles. The van der Waals surface area contributed by atoms with Crippen LogP contribution in [0.3, 0.4) is 0 Å². The first kappa shape index (κ1) is 15.0. The van der Waals surface area contributed by atoms with Crippen molar-refractivity contribution in [1.82, 2.24) is 10.2 Å². The summed E-state index contributed by atoms with van der Waals surface area (Å²) in [7, 11) is 2.20. The van der Waals surface area contributed by atoms with Gasteiger partial charge in [-0.15, -0.1) is 0 Å². The monoisotopic (exact) mass is 240 g/mol. The van der Waals surface area contributed by atoms with Crippen LogP contribution in [0, 0.1) is 5.92 Å². The van der Waals surface area contributed by atoms with E-state index in [1.807, 2.05) is 0 Å². The van der Waals surface area contributed by atoms with Gasteiger partial charge in [0.15, 0.2) is 0 Å². The van der Waals surface area contributed by atoms with E-state index in [0.29, 0.717) is 6.04 Å². The van der Waals surface area contributed by atoms with Crippen molar-refractivity contribution in [2.75, 3.05) is 26.7 Å². The molecule has 0 saturated heterocycles. The lowest BCUT2D eigenvalue weighted by Crippen LogP contribution is -2.38. The summed E-state index contributed by atoms with van der Waals surface area (Å²) >= 11 is 0. The Morgan fingerprint density at radius 2 is 1.82 bits per heavy atom. The Morgan fingerprint density at radius 3 is 2.41 bits per heavy atom. The third-order valence-corrected chi connectivity index (χ3v) is 4.15. The van der Waals surface area contributed by atoms with Gasteiger partial charge in [0.2, 0.25) is 0 Å². The quantitative estimate of drug-likeness (QED) is 0.687. The fourth-order valence-corrected chi connectivity index (χ4v) is 2.85. The highest BCUT2D eigenvalue weighted by Crippen LogP contribution is 2.24. The SMILES string of the molecule is CCN(C)CC(C)NCCC1CCCCCC1. The molecule has 2 nitrogen and oxygen atoms in total. The van der Waals surface area contributed by atoms with Gasteiger partial charge >= 0.3 is 0 Å². The second kappa shape index (κ2) is 8.93. The number of hydrogen-bond acceptors (Lipinski definition) is 2. The zero-order chi connectivity index (χ0) is 12.5. The van der Waals surface area contributed by atoms with Gasteiger partial charge in [0, 0.05) is 12.6 Å². The molecule has 0 bridgehead atoms. The van der Waals surface area contributed by atoms with E-state index in [9.17, 15) is 0 Å². The maximum atomic E-state index is 3.67. The normalized spacial score (nSPS) is 20.5. The first-order chi connectivity index (χ1) is 8.22. The maximum absolute atomic E-state index is 3.67. The summed E-state index contributed by atoms with van der Waals surface area (Å²) in [5.74, 6) is 1.00. The standard InChI is InChI=1S/C15H32N2/c1-4-17(3)13-14(2)16-12-11-15-9-7-5-6-8-10-15/h14-16H,4-13H2,1-3H3. The van der Waals surface area contributed by atoms with Crippen LogP contribution in [0.5, 0.6) is 0 Å². The van der Waals surface area contributed by atoms with Crippen molar-refractivity contribution in [3.8, 4) is 0 Å². The molecule has 1 N–H and O–H groups in total. The van der Waals surface area contributed by atoms with Crippen LogP contribution in [0.2, 0.25) is 0 Å². The molecule has 2 heteroatoms. The molecule has 0 radical (unpaired) electrons. The Balaban J connectivity index is 2.05. The van der Waals surface area contributed by atoms with Gasteiger partial charge < -0.3 is 10.2 Å². The minimum atomic E-state index is 0.630. The highest BCUT2D eigenvalue weighted by molar-refractivity contribution is 4.69. The summed E-state index contributed by atoms with van der Waals surface area (Å²) in [6.45, 7) is 8.05. The summed E-state index contributed by atoms with van der Waals surface area (Å²) in [4.78, 5) is 2.38. The second-order valence-corrected chi connectivity index (χ2v) is 5.86. The second-order valence-electron chi connectivity index (χ2n) is 5.86. The molecule has 1 aliphatic rings. The largest absolute Gasteiger partial charge is 0.313 e. The molecule has 0 amide bonds. The summed E-state index contributed by atoms with van der Waals surface area (Å²) in [5, 5.41) is 3.67. The Labute approximate surface area is 108 Å². The van der Waals surface area contributed by atoms with E-state index in [-0.39, 0.29) is 0 Å². The number of nitrogens with one attached hydrogen (secondary N) is 1. The van der Waals surface area contributed by atoms with Crippen molar-refractivity contribution in [2.45, 2.75) is 64.8 Å². The first-order valence-electron chi connectivity index (χ1n) is 7.64. The van der Waals surface area contributed by atoms with Crippen molar-refractivity contribution in [1.29, 1.82) is 0 Å². The number of rotatable bonds is 7. The topological polar surface area (TPSA) is 15.3 Å². The molecule has 17 heavy (non-hydrogen) atoms. The van der Waals surface area contributed by atoms with Gasteiger partial charge in [-0.1, -0.05) is 45.4 Å². The molecule has 0 spiro atoms. The van der Waals surface area contributed by atoms with E-state index in [0.717, 1.165) is 12.5 Å². The summed E-state index contributed by atoms with van der Waals surface area (Å²) in [5.41, 5.74) is 0. The fraction of sp³-hybridized carbons (Fsp3) is 1.00. The van der Waals surface area contributed by atoms with Crippen molar-refractivity contribution in [3.63, 3.8) is 0 Å². The van der Waals surface area contributed by atoms with Crippen LogP contribution in [-0.2, 0) is 0 Å². The minimum Gasteiger partial charge on any atom is -0.313 e. The molecule has 1 saturated carbocycles. The van der Waals surface area contributed by atoms with Crippen molar-refractivity contribution < 1.29 is 0 Å². The van der Waals surface area contributed by atoms with E-state index in [4.69, 9.17) is 0 Å². The highest BCUT2D eigenvalue weighted by Gasteiger charge is 2.12. The Morgan fingerprint density at radius 1 is 1.18 bits per heavy atom. The van der Waals surface area contributed by atoms with E-state index < -0.39 is 0 Å². The van der Waals surface area contributed by atoms with E-state index in [2.05, 4.69) is 31.1 Å².